The Bertz CT molecular complexity index is 675. The third-order valence-corrected chi connectivity index (χ3v) is 4.46. The van der Waals surface area contributed by atoms with Crippen LogP contribution in [-0.4, -0.2) is 20.9 Å². The highest BCUT2D eigenvalue weighted by atomic mass is 79.9. The van der Waals surface area contributed by atoms with Crippen molar-refractivity contribution in [1.82, 2.24) is 9.78 Å². The lowest BCUT2D eigenvalue weighted by molar-refractivity contribution is -0.142. The topological polar surface area (TPSA) is 55.1 Å². The van der Waals surface area contributed by atoms with Crippen molar-refractivity contribution in [2.24, 2.45) is 0 Å². The third kappa shape index (κ3) is 2.26. The van der Waals surface area contributed by atoms with E-state index in [1.807, 2.05) is 38.1 Å². The number of benzene rings is 1. The van der Waals surface area contributed by atoms with Crippen LogP contribution in [-0.2, 0) is 10.2 Å². The van der Waals surface area contributed by atoms with E-state index in [0.29, 0.717) is 5.69 Å². The van der Waals surface area contributed by atoms with E-state index in [9.17, 15) is 9.90 Å². The SMILES string of the molecule is Cc1ccccc1-n1nc(C(C)(C)C(=O)O)c(Br)c1C. The summed E-state index contributed by atoms with van der Waals surface area (Å²) in [5.41, 5.74) is 2.43. The van der Waals surface area contributed by atoms with Gasteiger partial charge in [-0.25, -0.2) is 4.68 Å². The summed E-state index contributed by atoms with van der Waals surface area (Å²) in [6, 6.07) is 7.89. The molecule has 0 aliphatic rings. The molecule has 0 aliphatic carbocycles. The minimum atomic E-state index is -1.04. The zero-order valence-corrected chi connectivity index (χ0v) is 13.5. The second-order valence-electron chi connectivity index (χ2n) is 5.38. The number of halogens is 1. The fourth-order valence-corrected chi connectivity index (χ4v) is 2.76. The van der Waals surface area contributed by atoms with Gasteiger partial charge in [0.25, 0.3) is 0 Å². The number of aryl methyl sites for hydroxylation is 1. The summed E-state index contributed by atoms with van der Waals surface area (Å²) in [6.07, 6.45) is 0. The summed E-state index contributed by atoms with van der Waals surface area (Å²) in [7, 11) is 0. The highest BCUT2D eigenvalue weighted by Gasteiger charge is 2.35. The molecule has 0 spiro atoms. The van der Waals surface area contributed by atoms with Gasteiger partial charge < -0.3 is 5.11 Å². The summed E-state index contributed by atoms with van der Waals surface area (Å²) < 4.78 is 2.53. The number of carboxylic acid groups (broad SMARTS) is 1. The summed E-state index contributed by atoms with van der Waals surface area (Å²) >= 11 is 3.48. The molecule has 0 saturated carbocycles. The summed E-state index contributed by atoms with van der Waals surface area (Å²) in [5, 5.41) is 13.9. The number of carbonyl (C=O) groups is 1. The Kier molecular flexibility index (Phi) is 3.73. The Morgan fingerprint density at radius 2 is 1.90 bits per heavy atom. The van der Waals surface area contributed by atoms with Crippen molar-refractivity contribution in [1.29, 1.82) is 0 Å². The van der Waals surface area contributed by atoms with Crippen molar-refractivity contribution < 1.29 is 9.90 Å². The molecule has 0 unspecified atom stereocenters. The quantitative estimate of drug-likeness (QED) is 0.931. The van der Waals surface area contributed by atoms with Gasteiger partial charge in [-0.2, -0.15) is 5.10 Å². The average Bonchev–Trinajstić information content (AvgIpc) is 2.67. The van der Waals surface area contributed by atoms with Crippen molar-refractivity contribution in [3.63, 3.8) is 0 Å². The molecule has 0 radical (unpaired) electrons. The van der Waals surface area contributed by atoms with E-state index in [0.717, 1.165) is 21.4 Å². The molecule has 106 valence electrons. The molecule has 0 bridgehead atoms. The Morgan fingerprint density at radius 3 is 2.45 bits per heavy atom. The van der Waals surface area contributed by atoms with E-state index in [1.165, 1.54) is 0 Å². The van der Waals surface area contributed by atoms with Crippen LogP contribution < -0.4 is 0 Å². The molecule has 0 saturated heterocycles. The van der Waals surface area contributed by atoms with Crippen LogP contribution in [0, 0.1) is 13.8 Å². The summed E-state index contributed by atoms with van der Waals surface area (Å²) in [5.74, 6) is -0.896. The lowest BCUT2D eigenvalue weighted by atomic mass is 9.89. The molecule has 4 nitrogen and oxygen atoms in total. The number of rotatable bonds is 3. The minimum absolute atomic E-state index is 0.533. The number of hydrogen-bond donors (Lipinski definition) is 1. The molecule has 1 aromatic carbocycles. The van der Waals surface area contributed by atoms with Crippen LogP contribution in [0.25, 0.3) is 5.69 Å². The largest absolute Gasteiger partial charge is 0.481 e. The van der Waals surface area contributed by atoms with Gasteiger partial charge in [-0.05, 0) is 55.3 Å². The molecule has 0 aliphatic heterocycles. The van der Waals surface area contributed by atoms with Crippen LogP contribution in [0.1, 0.15) is 30.8 Å². The standard InChI is InChI=1S/C15H17BrN2O2/c1-9-7-5-6-8-11(9)18-10(2)12(16)13(17-18)15(3,4)14(19)20/h5-8H,1-4H3,(H,19,20). The number of nitrogens with zero attached hydrogens (tertiary/aromatic N) is 2. The smallest absolute Gasteiger partial charge is 0.315 e. The predicted octanol–water partition coefficient (Wildman–Crippen LogP) is 3.61. The van der Waals surface area contributed by atoms with Crippen LogP contribution >= 0.6 is 15.9 Å². The van der Waals surface area contributed by atoms with Gasteiger partial charge in [0.15, 0.2) is 0 Å². The molecular formula is C15H17BrN2O2. The number of carboxylic acids is 1. The number of aliphatic carboxylic acids is 1. The molecule has 0 fully saturated rings. The maximum atomic E-state index is 11.4. The molecule has 20 heavy (non-hydrogen) atoms. The maximum Gasteiger partial charge on any atom is 0.315 e. The van der Waals surface area contributed by atoms with Gasteiger partial charge in [0.1, 0.15) is 5.41 Å². The lowest BCUT2D eigenvalue weighted by Gasteiger charge is -2.16. The van der Waals surface area contributed by atoms with Gasteiger partial charge in [-0.3, -0.25) is 4.79 Å². The van der Waals surface area contributed by atoms with Crippen molar-refractivity contribution >= 4 is 21.9 Å². The van der Waals surface area contributed by atoms with Gasteiger partial charge in [-0.15, -0.1) is 0 Å². The van der Waals surface area contributed by atoms with E-state index in [-0.39, 0.29) is 0 Å². The fraction of sp³-hybridized carbons (Fsp3) is 0.333. The van der Waals surface area contributed by atoms with Crippen molar-refractivity contribution in [2.75, 3.05) is 0 Å². The normalized spacial score (nSPS) is 11.7. The van der Waals surface area contributed by atoms with Gasteiger partial charge in [0.05, 0.1) is 21.5 Å². The zero-order chi connectivity index (χ0) is 15.1. The highest BCUT2D eigenvalue weighted by molar-refractivity contribution is 9.10. The van der Waals surface area contributed by atoms with E-state index < -0.39 is 11.4 Å². The first-order valence-electron chi connectivity index (χ1n) is 6.31. The predicted molar refractivity (Wildman–Crippen MR) is 81.4 cm³/mol. The van der Waals surface area contributed by atoms with E-state index in [1.54, 1.807) is 18.5 Å². The Hall–Kier alpha value is -1.62. The maximum absolute atomic E-state index is 11.4. The first-order chi connectivity index (χ1) is 9.26. The van der Waals surface area contributed by atoms with Gasteiger partial charge in [-0.1, -0.05) is 18.2 Å². The molecule has 2 aromatic rings. The van der Waals surface area contributed by atoms with Crippen molar-refractivity contribution in [2.45, 2.75) is 33.1 Å². The second kappa shape index (κ2) is 5.05. The van der Waals surface area contributed by atoms with Gasteiger partial charge in [0, 0.05) is 0 Å². The molecule has 5 heteroatoms. The highest BCUT2D eigenvalue weighted by Crippen LogP contribution is 2.33. The minimum Gasteiger partial charge on any atom is -0.481 e. The molecule has 1 N–H and O–H groups in total. The monoisotopic (exact) mass is 336 g/mol. The Balaban J connectivity index is 2.66. The van der Waals surface area contributed by atoms with Crippen LogP contribution in [0.5, 0.6) is 0 Å². The first kappa shape index (κ1) is 14.8. The lowest BCUT2D eigenvalue weighted by Crippen LogP contribution is -2.29. The second-order valence-corrected chi connectivity index (χ2v) is 6.17. The zero-order valence-electron chi connectivity index (χ0n) is 11.9. The molecular weight excluding hydrogens is 320 g/mol. The molecule has 0 amide bonds. The Labute approximate surface area is 126 Å². The van der Waals surface area contributed by atoms with Crippen LogP contribution in [0.4, 0.5) is 0 Å². The van der Waals surface area contributed by atoms with E-state index in [2.05, 4.69) is 21.0 Å². The molecule has 1 heterocycles. The fourth-order valence-electron chi connectivity index (χ4n) is 2.02. The molecule has 1 aromatic heterocycles. The Morgan fingerprint density at radius 1 is 1.30 bits per heavy atom. The van der Waals surface area contributed by atoms with Crippen LogP contribution in [0.3, 0.4) is 0 Å². The summed E-state index contributed by atoms with van der Waals surface area (Å²) in [4.78, 5) is 11.4. The van der Waals surface area contributed by atoms with Crippen LogP contribution in [0.2, 0.25) is 0 Å². The molecule has 0 atom stereocenters. The van der Waals surface area contributed by atoms with Crippen molar-refractivity contribution in [3.05, 3.63) is 45.7 Å². The number of para-hydroxylation sites is 1. The first-order valence-corrected chi connectivity index (χ1v) is 7.11. The van der Waals surface area contributed by atoms with Gasteiger partial charge in [0.2, 0.25) is 0 Å². The third-order valence-electron chi connectivity index (χ3n) is 3.51. The van der Waals surface area contributed by atoms with E-state index in [4.69, 9.17) is 0 Å². The average molecular weight is 337 g/mol. The summed E-state index contributed by atoms with van der Waals surface area (Å²) in [6.45, 7) is 7.24. The number of hydrogen-bond acceptors (Lipinski definition) is 2. The molecule has 2 rings (SSSR count). The van der Waals surface area contributed by atoms with E-state index >= 15 is 0 Å². The van der Waals surface area contributed by atoms with Crippen LogP contribution in [0.15, 0.2) is 28.7 Å². The van der Waals surface area contributed by atoms with Crippen molar-refractivity contribution in [3.8, 4) is 5.69 Å². The number of aromatic nitrogens is 2. The van der Waals surface area contributed by atoms with Gasteiger partial charge >= 0.3 is 5.97 Å².